The highest BCUT2D eigenvalue weighted by Crippen LogP contribution is 2.40. The van der Waals surface area contributed by atoms with Gasteiger partial charge in [0.15, 0.2) is 11.5 Å². The Kier molecular flexibility index (Phi) is 3.64. The van der Waals surface area contributed by atoms with Gasteiger partial charge >= 0.3 is 0 Å². The minimum atomic E-state index is 0.115. The summed E-state index contributed by atoms with van der Waals surface area (Å²) < 4.78 is 10.8. The Morgan fingerprint density at radius 1 is 1.26 bits per heavy atom. The van der Waals surface area contributed by atoms with Crippen LogP contribution in [0.5, 0.6) is 11.5 Å². The molecule has 102 valence electrons. The van der Waals surface area contributed by atoms with E-state index < -0.39 is 0 Å². The van der Waals surface area contributed by atoms with Crippen molar-refractivity contribution in [2.75, 3.05) is 33.0 Å². The second-order valence-corrected chi connectivity index (χ2v) is 5.10. The summed E-state index contributed by atoms with van der Waals surface area (Å²) in [7, 11) is 0. The number of nitrogens with zero attached hydrogens (tertiary/aromatic N) is 1. The van der Waals surface area contributed by atoms with Crippen LogP contribution in [0.4, 0.5) is 0 Å². The van der Waals surface area contributed by atoms with Crippen molar-refractivity contribution < 1.29 is 9.47 Å². The van der Waals surface area contributed by atoms with Crippen LogP contribution in [-0.2, 0) is 0 Å². The Morgan fingerprint density at radius 2 is 1.95 bits per heavy atom. The van der Waals surface area contributed by atoms with E-state index in [9.17, 15) is 0 Å². The van der Waals surface area contributed by atoms with Crippen LogP contribution in [0.25, 0.3) is 0 Å². The maximum Gasteiger partial charge on any atom is 0.231 e. The summed E-state index contributed by atoms with van der Waals surface area (Å²) in [5.74, 6) is 1.48. The van der Waals surface area contributed by atoms with E-state index in [-0.39, 0.29) is 12.8 Å². The zero-order valence-electron chi connectivity index (χ0n) is 10.7. The van der Waals surface area contributed by atoms with E-state index in [0.717, 1.165) is 43.2 Å². The minimum absolute atomic E-state index is 0.115. The Hall–Kier alpha value is -1.23. The molecule has 2 aliphatic rings. The van der Waals surface area contributed by atoms with E-state index in [2.05, 4.69) is 16.8 Å². The number of benzene rings is 1. The van der Waals surface area contributed by atoms with E-state index in [4.69, 9.17) is 21.1 Å². The molecule has 0 spiro atoms. The van der Waals surface area contributed by atoms with Crippen molar-refractivity contribution in [2.24, 2.45) is 0 Å². The smallest absolute Gasteiger partial charge is 0.231 e. The third-order valence-electron chi connectivity index (χ3n) is 3.58. The van der Waals surface area contributed by atoms with Crippen molar-refractivity contribution in [3.8, 4) is 11.5 Å². The lowest BCUT2D eigenvalue weighted by Crippen LogP contribution is -2.44. The van der Waals surface area contributed by atoms with Gasteiger partial charge in [0.05, 0.1) is 6.04 Å². The van der Waals surface area contributed by atoms with Crippen LogP contribution < -0.4 is 14.8 Å². The third kappa shape index (κ3) is 2.43. The fourth-order valence-corrected chi connectivity index (χ4v) is 2.86. The molecule has 0 bridgehead atoms. The molecule has 4 nitrogen and oxygen atoms in total. The summed E-state index contributed by atoms with van der Waals surface area (Å²) in [5.41, 5.74) is 1.03. The maximum absolute atomic E-state index is 6.38. The SMILES string of the molecule is C=C[C@H](c1cc2c(cc1Cl)OCO2)N1CCNCC1. The van der Waals surface area contributed by atoms with Crippen molar-refractivity contribution in [1.82, 2.24) is 10.2 Å². The molecule has 19 heavy (non-hydrogen) atoms. The van der Waals surface area contributed by atoms with Crippen LogP contribution in [0.3, 0.4) is 0 Å². The monoisotopic (exact) mass is 280 g/mol. The third-order valence-corrected chi connectivity index (χ3v) is 3.91. The molecule has 0 radical (unpaired) electrons. The van der Waals surface area contributed by atoms with E-state index in [1.165, 1.54) is 0 Å². The lowest BCUT2D eigenvalue weighted by atomic mass is 10.0. The Bertz CT molecular complexity index is 487. The number of hydrogen-bond donors (Lipinski definition) is 1. The first-order chi connectivity index (χ1) is 9.29. The van der Waals surface area contributed by atoms with Crippen molar-refractivity contribution in [3.05, 3.63) is 35.4 Å². The standard InChI is InChI=1S/C14H17ClN2O2/c1-2-12(17-5-3-16-4-6-17)10-7-13-14(8-11(10)15)19-9-18-13/h2,7-8,12,16H,1,3-6,9H2/t12-/m1/s1. The predicted molar refractivity (Wildman–Crippen MR) is 75.0 cm³/mol. The van der Waals surface area contributed by atoms with Crippen LogP contribution in [-0.4, -0.2) is 37.9 Å². The number of hydrogen-bond acceptors (Lipinski definition) is 4. The summed E-state index contributed by atoms with van der Waals surface area (Å²) in [6, 6.07) is 3.92. The van der Waals surface area contributed by atoms with Crippen LogP contribution >= 0.6 is 11.6 Å². The molecule has 0 amide bonds. The van der Waals surface area contributed by atoms with Crippen molar-refractivity contribution >= 4 is 11.6 Å². The largest absolute Gasteiger partial charge is 0.454 e. The number of nitrogens with one attached hydrogen (secondary N) is 1. The van der Waals surface area contributed by atoms with Crippen LogP contribution in [0.1, 0.15) is 11.6 Å². The predicted octanol–water partition coefficient (Wildman–Crippen LogP) is 2.20. The first-order valence-electron chi connectivity index (χ1n) is 6.46. The van der Waals surface area contributed by atoms with E-state index >= 15 is 0 Å². The number of fused-ring (bicyclic) bond motifs is 1. The summed E-state index contributed by atoms with van der Waals surface area (Å²) in [5, 5.41) is 4.05. The molecule has 0 aromatic heterocycles. The average molecular weight is 281 g/mol. The van der Waals surface area contributed by atoms with Gasteiger partial charge in [0.2, 0.25) is 6.79 Å². The highest BCUT2D eigenvalue weighted by molar-refractivity contribution is 6.31. The molecule has 0 aliphatic carbocycles. The lowest BCUT2D eigenvalue weighted by molar-refractivity contribution is 0.173. The van der Waals surface area contributed by atoms with Crippen molar-refractivity contribution in [1.29, 1.82) is 0 Å². The molecule has 5 heteroatoms. The summed E-state index contributed by atoms with van der Waals surface area (Å²) in [6.07, 6.45) is 1.94. The second-order valence-electron chi connectivity index (χ2n) is 4.69. The number of piperazine rings is 1. The Balaban J connectivity index is 1.92. The first kappa shape index (κ1) is 12.8. The summed E-state index contributed by atoms with van der Waals surface area (Å²) in [4.78, 5) is 2.37. The molecule has 3 rings (SSSR count). The van der Waals surface area contributed by atoms with Crippen molar-refractivity contribution in [3.63, 3.8) is 0 Å². The van der Waals surface area contributed by atoms with E-state index in [1.807, 2.05) is 18.2 Å². The molecule has 2 aliphatic heterocycles. The van der Waals surface area contributed by atoms with Crippen LogP contribution in [0, 0.1) is 0 Å². The molecule has 1 fully saturated rings. The van der Waals surface area contributed by atoms with Gasteiger partial charge in [-0.2, -0.15) is 0 Å². The van der Waals surface area contributed by atoms with Crippen LogP contribution in [0.2, 0.25) is 5.02 Å². The topological polar surface area (TPSA) is 33.7 Å². The number of halogens is 1. The van der Waals surface area contributed by atoms with Gasteiger partial charge in [0.1, 0.15) is 0 Å². The van der Waals surface area contributed by atoms with Gasteiger partial charge in [-0.25, -0.2) is 0 Å². The molecule has 2 heterocycles. The van der Waals surface area contributed by atoms with E-state index in [1.54, 1.807) is 0 Å². The van der Waals surface area contributed by atoms with Gasteiger partial charge in [-0.05, 0) is 11.6 Å². The Labute approximate surface area is 117 Å². The minimum Gasteiger partial charge on any atom is -0.454 e. The van der Waals surface area contributed by atoms with Crippen molar-refractivity contribution in [2.45, 2.75) is 6.04 Å². The Morgan fingerprint density at radius 3 is 2.63 bits per heavy atom. The van der Waals surface area contributed by atoms with Gasteiger partial charge in [-0.15, -0.1) is 6.58 Å². The fourth-order valence-electron chi connectivity index (χ4n) is 2.59. The highest BCUT2D eigenvalue weighted by atomic mass is 35.5. The fraction of sp³-hybridized carbons (Fsp3) is 0.429. The number of ether oxygens (including phenoxy) is 2. The molecule has 0 unspecified atom stereocenters. The molecule has 1 atom stereocenters. The normalized spacial score (nSPS) is 20.3. The highest BCUT2D eigenvalue weighted by Gasteiger charge is 2.24. The summed E-state index contributed by atoms with van der Waals surface area (Å²) >= 11 is 6.38. The first-order valence-corrected chi connectivity index (χ1v) is 6.84. The van der Waals surface area contributed by atoms with Gasteiger partial charge in [0.25, 0.3) is 0 Å². The molecule has 1 aromatic rings. The molecular weight excluding hydrogens is 264 g/mol. The molecular formula is C14H17ClN2O2. The zero-order chi connectivity index (χ0) is 13.2. The molecule has 1 aromatic carbocycles. The van der Waals surface area contributed by atoms with Crippen LogP contribution in [0.15, 0.2) is 24.8 Å². The van der Waals surface area contributed by atoms with Gasteiger partial charge in [-0.3, -0.25) is 4.90 Å². The molecule has 1 saturated heterocycles. The maximum atomic E-state index is 6.38. The van der Waals surface area contributed by atoms with E-state index in [0.29, 0.717) is 5.02 Å². The average Bonchev–Trinajstić information content (AvgIpc) is 2.88. The molecule has 0 saturated carbocycles. The summed E-state index contributed by atoms with van der Waals surface area (Å²) in [6.45, 7) is 8.18. The van der Waals surface area contributed by atoms with Gasteiger partial charge < -0.3 is 14.8 Å². The zero-order valence-corrected chi connectivity index (χ0v) is 11.4. The lowest BCUT2D eigenvalue weighted by Gasteiger charge is -2.33. The number of rotatable bonds is 3. The quantitative estimate of drug-likeness (QED) is 0.861. The molecule has 1 N–H and O–H groups in total. The second kappa shape index (κ2) is 5.41. The van der Waals surface area contributed by atoms with Gasteiger partial charge in [0, 0.05) is 37.3 Å². The van der Waals surface area contributed by atoms with Gasteiger partial charge in [-0.1, -0.05) is 17.7 Å².